The molecule has 0 saturated carbocycles. The Kier molecular flexibility index (Phi) is 4.57. The molecule has 94 valence electrons. The molecule has 1 heterocycles. The van der Waals surface area contributed by atoms with Crippen LogP contribution in [0.1, 0.15) is 32.3 Å². The smallest absolute Gasteiger partial charge is 0.0965 e. The van der Waals surface area contributed by atoms with Crippen molar-refractivity contribution in [3.63, 3.8) is 0 Å². The van der Waals surface area contributed by atoms with Gasteiger partial charge in [0.05, 0.1) is 5.92 Å². The van der Waals surface area contributed by atoms with Crippen LogP contribution in [0.2, 0.25) is 0 Å². The molecule has 2 unspecified atom stereocenters. The van der Waals surface area contributed by atoms with Crippen molar-refractivity contribution in [1.29, 1.82) is 0 Å². The molecule has 2 atom stereocenters. The molecule has 0 aliphatic carbocycles. The standard InChI is InChI=1S/C16H21N2/c1-3-14(12-13-8-6-5-7-9-13)15(4-2)16-17-10-11-18-16/h5-11,14-15H,3-4,12H2,1-2H3/q+1. The summed E-state index contributed by atoms with van der Waals surface area (Å²) in [5.74, 6) is 1.10. The zero-order valence-corrected chi connectivity index (χ0v) is 11.2. The molecule has 0 radical (unpaired) electrons. The van der Waals surface area contributed by atoms with Crippen molar-refractivity contribution in [1.82, 2.24) is 0 Å². The second-order valence-electron chi connectivity index (χ2n) is 4.79. The van der Waals surface area contributed by atoms with E-state index in [4.69, 9.17) is 0 Å². The van der Waals surface area contributed by atoms with Gasteiger partial charge in [-0.15, -0.1) is 0 Å². The van der Waals surface area contributed by atoms with Crippen molar-refractivity contribution >= 4 is 12.4 Å². The van der Waals surface area contributed by atoms with E-state index in [9.17, 15) is 0 Å². The molecule has 2 heteroatoms. The summed E-state index contributed by atoms with van der Waals surface area (Å²) in [6, 6.07) is 10.7. The SMILES string of the molecule is CCC(Cc1ccccc1)C(CC)[C+]1N=CC=N1. The molecular weight excluding hydrogens is 220 g/mol. The Hall–Kier alpha value is -1.57. The van der Waals surface area contributed by atoms with Crippen LogP contribution in [0.25, 0.3) is 0 Å². The molecular formula is C16H21N2+. The molecule has 0 spiro atoms. The number of benzene rings is 1. The third-order valence-corrected chi connectivity index (χ3v) is 3.69. The van der Waals surface area contributed by atoms with Gasteiger partial charge in [0.1, 0.15) is 0 Å². The van der Waals surface area contributed by atoms with Crippen molar-refractivity contribution in [2.75, 3.05) is 0 Å². The van der Waals surface area contributed by atoms with E-state index in [-0.39, 0.29) is 0 Å². The molecule has 1 aromatic carbocycles. The van der Waals surface area contributed by atoms with Crippen LogP contribution < -0.4 is 0 Å². The van der Waals surface area contributed by atoms with Gasteiger partial charge in [0.15, 0.2) is 12.4 Å². The predicted octanol–water partition coefficient (Wildman–Crippen LogP) is 3.93. The average molecular weight is 241 g/mol. The molecule has 0 N–H and O–H groups in total. The van der Waals surface area contributed by atoms with Gasteiger partial charge in [0.25, 0.3) is 0 Å². The van der Waals surface area contributed by atoms with Crippen molar-refractivity contribution in [2.24, 2.45) is 21.8 Å². The van der Waals surface area contributed by atoms with Gasteiger partial charge in [0.2, 0.25) is 6.17 Å². The fourth-order valence-electron chi connectivity index (χ4n) is 2.66. The minimum atomic E-state index is 0.477. The first-order valence-electron chi connectivity index (χ1n) is 6.82. The highest BCUT2D eigenvalue weighted by atomic mass is 15.0. The summed E-state index contributed by atoms with van der Waals surface area (Å²) >= 11 is 0. The second kappa shape index (κ2) is 6.39. The lowest BCUT2D eigenvalue weighted by Gasteiger charge is -2.23. The van der Waals surface area contributed by atoms with E-state index in [1.54, 1.807) is 12.4 Å². The largest absolute Gasteiger partial charge is 0.244 e. The summed E-state index contributed by atoms with van der Waals surface area (Å²) in [5, 5.41) is 0. The first-order chi connectivity index (χ1) is 8.85. The lowest BCUT2D eigenvalue weighted by Crippen LogP contribution is -2.20. The fraction of sp³-hybridized carbons (Fsp3) is 0.438. The molecule has 0 aromatic heterocycles. The van der Waals surface area contributed by atoms with Crippen LogP contribution in [-0.4, -0.2) is 12.4 Å². The van der Waals surface area contributed by atoms with Gasteiger partial charge in [-0.1, -0.05) is 60.6 Å². The molecule has 0 amide bonds. The number of aliphatic imine (C=N–C) groups is 2. The summed E-state index contributed by atoms with van der Waals surface area (Å²) in [5.41, 5.74) is 1.41. The van der Waals surface area contributed by atoms with Crippen molar-refractivity contribution in [2.45, 2.75) is 33.1 Å². The maximum atomic E-state index is 4.39. The molecule has 0 fully saturated rings. The number of rotatable bonds is 6. The second-order valence-corrected chi connectivity index (χ2v) is 4.79. The molecule has 2 rings (SSSR count). The van der Waals surface area contributed by atoms with E-state index in [1.807, 2.05) is 0 Å². The topological polar surface area (TPSA) is 24.7 Å². The van der Waals surface area contributed by atoms with Crippen LogP contribution in [0.15, 0.2) is 40.3 Å². The first kappa shape index (κ1) is 12.9. The summed E-state index contributed by atoms with van der Waals surface area (Å²) in [4.78, 5) is 8.77. The molecule has 0 bridgehead atoms. The summed E-state index contributed by atoms with van der Waals surface area (Å²) in [7, 11) is 0. The normalized spacial score (nSPS) is 17.1. The van der Waals surface area contributed by atoms with Crippen molar-refractivity contribution < 1.29 is 0 Å². The van der Waals surface area contributed by atoms with Crippen LogP contribution in [0, 0.1) is 18.0 Å². The van der Waals surface area contributed by atoms with Crippen LogP contribution in [0.5, 0.6) is 0 Å². The molecule has 0 saturated heterocycles. The van der Waals surface area contributed by atoms with Crippen LogP contribution in [0.4, 0.5) is 0 Å². The zero-order valence-electron chi connectivity index (χ0n) is 11.2. The quantitative estimate of drug-likeness (QED) is 0.674. The number of hydrogen-bond acceptors (Lipinski definition) is 2. The van der Waals surface area contributed by atoms with Crippen molar-refractivity contribution in [3.05, 3.63) is 42.1 Å². The third-order valence-electron chi connectivity index (χ3n) is 3.69. The molecule has 1 aromatic rings. The Bertz CT molecular complexity index is 396. The first-order valence-corrected chi connectivity index (χ1v) is 6.82. The monoisotopic (exact) mass is 241 g/mol. The van der Waals surface area contributed by atoms with Crippen LogP contribution in [0.3, 0.4) is 0 Å². The highest BCUT2D eigenvalue weighted by molar-refractivity contribution is 6.18. The lowest BCUT2D eigenvalue weighted by molar-refractivity contribution is 0.319. The minimum Gasteiger partial charge on any atom is -0.0965 e. The van der Waals surface area contributed by atoms with Gasteiger partial charge in [-0.25, -0.2) is 0 Å². The Morgan fingerprint density at radius 1 is 1.00 bits per heavy atom. The summed E-state index contributed by atoms with van der Waals surface area (Å²) in [6.45, 7) is 4.49. The summed E-state index contributed by atoms with van der Waals surface area (Å²) in [6.07, 6.45) is 8.00. The van der Waals surface area contributed by atoms with E-state index >= 15 is 0 Å². The molecule has 2 nitrogen and oxygen atoms in total. The maximum Gasteiger partial charge on any atom is 0.244 e. The van der Waals surface area contributed by atoms with E-state index in [2.05, 4.69) is 54.2 Å². The minimum absolute atomic E-state index is 0.477. The van der Waals surface area contributed by atoms with Gasteiger partial charge in [-0.3, -0.25) is 0 Å². The Balaban J connectivity index is 2.06. The maximum absolute atomic E-state index is 4.39. The Morgan fingerprint density at radius 2 is 1.67 bits per heavy atom. The zero-order chi connectivity index (χ0) is 12.8. The fourth-order valence-corrected chi connectivity index (χ4v) is 2.66. The molecule has 18 heavy (non-hydrogen) atoms. The highest BCUT2D eigenvalue weighted by Gasteiger charge is 2.33. The van der Waals surface area contributed by atoms with Gasteiger partial charge in [-0.05, 0) is 24.3 Å². The van der Waals surface area contributed by atoms with Crippen molar-refractivity contribution in [3.8, 4) is 0 Å². The Morgan fingerprint density at radius 3 is 2.22 bits per heavy atom. The molecule has 1 aliphatic rings. The van der Waals surface area contributed by atoms with Gasteiger partial charge >= 0.3 is 0 Å². The number of hydrogen-bond donors (Lipinski definition) is 0. The van der Waals surface area contributed by atoms with E-state index < -0.39 is 0 Å². The van der Waals surface area contributed by atoms with Gasteiger partial charge in [0, 0.05) is 0 Å². The Labute approximate surface area is 110 Å². The van der Waals surface area contributed by atoms with E-state index in [0.29, 0.717) is 11.8 Å². The lowest BCUT2D eigenvalue weighted by atomic mass is 9.81. The van der Waals surface area contributed by atoms with Crippen LogP contribution >= 0.6 is 0 Å². The van der Waals surface area contributed by atoms with Gasteiger partial charge in [-0.2, -0.15) is 0 Å². The van der Waals surface area contributed by atoms with Crippen LogP contribution in [-0.2, 0) is 6.42 Å². The molecule has 1 aliphatic heterocycles. The third kappa shape index (κ3) is 3.00. The summed E-state index contributed by atoms with van der Waals surface area (Å²) < 4.78 is 0. The number of nitrogens with zero attached hydrogens (tertiary/aromatic N) is 2. The highest BCUT2D eigenvalue weighted by Crippen LogP contribution is 2.33. The van der Waals surface area contributed by atoms with E-state index in [1.165, 1.54) is 12.0 Å². The van der Waals surface area contributed by atoms with E-state index in [0.717, 1.165) is 19.0 Å². The predicted molar refractivity (Wildman–Crippen MR) is 77.9 cm³/mol. The average Bonchev–Trinajstić information content (AvgIpc) is 2.93. The van der Waals surface area contributed by atoms with Gasteiger partial charge < -0.3 is 0 Å².